The van der Waals surface area contributed by atoms with E-state index in [1.807, 2.05) is 87.4 Å². The fourth-order valence-electron chi connectivity index (χ4n) is 4.72. The number of methoxy groups -OCH3 is 1. The Hall–Kier alpha value is -2.26. The van der Waals surface area contributed by atoms with E-state index in [9.17, 15) is 9.59 Å². The fourth-order valence-corrected chi connectivity index (χ4v) is 4.72. The molecule has 0 aliphatic carbocycles. The molecule has 2 atom stereocenters. The van der Waals surface area contributed by atoms with Crippen molar-refractivity contribution < 1.29 is 33.1 Å². The maximum Gasteiger partial charge on any atom is 0.494 e. The molecule has 2 heterocycles. The van der Waals surface area contributed by atoms with Crippen molar-refractivity contribution in [3.8, 4) is 5.75 Å². The van der Waals surface area contributed by atoms with Crippen LogP contribution in [0.1, 0.15) is 81.2 Å². The zero-order valence-corrected chi connectivity index (χ0v) is 25.1. The molecule has 0 saturated carbocycles. The van der Waals surface area contributed by atoms with Gasteiger partial charge in [0.2, 0.25) is 0 Å². The molecule has 0 unspecified atom stereocenters. The first-order valence-corrected chi connectivity index (χ1v) is 13.5. The maximum absolute atomic E-state index is 13.5. The number of carbonyl (C=O) groups is 2. The lowest BCUT2D eigenvalue weighted by atomic mass is 9.77. The van der Waals surface area contributed by atoms with E-state index in [0.717, 1.165) is 11.0 Å². The number of likely N-dealkylation sites (tertiary alicyclic amines) is 1. The lowest BCUT2D eigenvalue weighted by Gasteiger charge is -2.32. The van der Waals surface area contributed by atoms with E-state index in [4.69, 9.17) is 23.5 Å². The van der Waals surface area contributed by atoms with Crippen molar-refractivity contribution in [3.05, 3.63) is 23.8 Å². The molecule has 1 aromatic carbocycles. The minimum atomic E-state index is -0.624. The van der Waals surface area contributed by atoms with Gasteiger partial charge in [0.15, 0.2) is 0 Å². The summed E-state index contributed by atoms with van der Waals surface area (Å²) in [7, 11) is 1.07. The second-order valence-electron chi connectivity index (χ2n) is 13.5. The van der Waals surface area contributed by atoms with E-state index in [0.29, 0.717) is 31.7 Å². The molecule has 2 aliphatic heterocycles. The number of rotatable bonds is 6. The molecular weight excluding hydrogens is 485 g/mol. The highest BCUT2D eigenvalue weighted by atomic mass is 16.7. The first kappa shape index (κ1) is 30.3. The SMILES string of the molecule is COc1cc(C[C@H](C(=O)OC(C)(C)C)[C@H]2CCN(C(=O)OC(C)(C)C)C2)cc(B2OC(C)(C)C(C)(C)O2)c1. The first-order chi connectivity index (χ1) is 17.3. The molecule has 0 spiro atoms. The van der Waals surface area contributed by atoms with Crippen molar-refractivity contribution in [3.63, 3.8) is 0 Å². The third-order valence-electron chi connectivity index (χ3n) is 7.36. The number of nitrogens with zero attached hydrogens (tertiary/aromatic N) is 1. The van der Waals surface area contributed by atoms with Gasteiger partial charge in [-0.15, -0.1) is 0 Å². The Balaban J connectivity index is 1.88. The monoisotopic (exact) mass is 531 g/mol. The predicted molar refractivity (Wildman–Crippen MR) is 148 cm³/mol. The van der Waals surface area contributed by atoms with Crippen LogP contribution in [0.15, 0.2) is 18.2 Å². The van der Waals surface area contributed by atoms with Gasteiger partial charge in [-0.05, 0) is 111 Å². The molecule has 2 fully saturated rings. The molecule has 8 nitrogen and oxygen atoms in total. The van der Waals surface area contributed by atoms with Gasteiger partial charge in [0.05, 0.1) is 24.2 Å². The van der Waals surface area contributed by atoms with Gasteiger partial charge in [-0.3, -0.25) is 4.79 Å². The van der Waals surface area contributed by atoms with Gasteiger partial charge in [0.25, 0.3) is 0 Å². The van der Waals surface area contributed by atoms with E-state index in [1.165, 1.54) is 0 Å². The average Bonchev–Trinajstić information content (AvgIpc) is 3.31. The van der Waals surface area contributed by atoms with Crippen LogP contribution in [0.3, 0.4) is 0 Å². The fraction of sp³-hybridized carbons (Fsp3) is 0.724. The van der Waals surface area contributed by atoms with Crippen LogP contribution in [0.5, 0.6) is 5.75 Å². The van der Waals surface area contributed by atoms with Crippen molar-refractivity contribution in [1.29, 1.82) is 0 Å². The summed E-state index contributed by atoms with van der Waals surface area (Å²) >= 11 is 0. The molecule has 1 aromatic rings. The highest BCUT2D eigenvalue weighted by Gasteiger charge is 2.52. The lowest BCUT2D eigenvalue weighted by molar-refractivity contribution is -0.161. The number of hydrogen-bond donors (Lipinski definition) is 0. The van der Waals surface area contributed by atoms with E-state index >= 15 is 0 Å². The Labute approximate surface area is 228 Å². The summed E-state index contributed by atoms with van der Waals surface area (Å²) in [6.45, 7) is 20.2. The molecule has 0 bridgehead atoms. The zero-order valence-electron chi connectivity index (χ0n) is 25.1. The molecule has 2 saturated heterocycles. The summed E-state index contributed by atoms with van der Waals surface area (Å²) in [5.41, 5.74) is -0.404. The van der Waals surface area contributed by atoms with Crippen LogP contribution in [0.4, 0.5) is 4.79 Å². The Kier molecular flexibility index (Phi) is 8.55. The van der Waals surface area contributed by atoms with E-state index in [2.05, 4.69) is 0 Å². The van der Waals surface area contributed by atoms with Crippen LogP contribution >= 0.6 is 0 Å². The van der Waals surface area contributed by atoms with Gasteiger partial charge < -0.3 is 28.4 Å². The van der Waals surface area contributed by atoms with Crippen molar-refractivity contribution in [1.82, 2.24) is 4.90 Å². The van der Waals surface area contributed by atoms with Gasteiger partial charge in [-0.25, -0.2) is 4.79 Å². The molecule has 0 N–H and O–H groups in total. The minimum absolute atomic E-state index is 0.0659. The normalized spacial score (nSPS) is 21.8. The van der Waals surface area contributed by atoms with Crippen LogP contribution in [-0.4, -0.2) is 66.7 Å². The van der Waals surface area contributed by atoms with Gasteiger partial charge in [0.1, 0.15) is 17.0 Å². The maximum atomic E-state index is 13.5. The van der Waals surface area contributed by atoms with E-state index in [1.54, 1.807) is 12.0 Å². The lowest BCUT2D eigenvalue weighted by Crippen LogP contribution is -2.41. The van der Waals surface area contributed by atoms with Gasteiger partial charge in [-0.1, -0.05) is 6.07 Å². The summed E-state index contributed by atoms with van der Waals surface area (Å²) in [5, 5.41) is 0. The smallest absolute Gasteiger partial charge is 0.494 e. The summed E-state index contributed by atoms with van der Waals surface area (Å²) in [4.78, 5) is 27.9. The van der Waals surface area contributed by atoms with E-state index in [-0.39, 0.29) is 18.0 Å². The average molecular weight is 531 g/mol. The molecule has 1 amide bonds. The predicted octanol–water partition coefficient (Wildman–Crippen LogP) is 4.75. The second kappa shape index (κ2) is 10.7. The van der Waals surface area contributed by atoms with E-state index < -0.39 is 35.4 Å². The quantitative estimate of drug-likeness (QED) is 0.387. The van der Waals surface area contributed by atoms with Crippen molar-refractivity contribution in [2.75, 3.05) is 20.2 Å². The Bertz CT molecular complexity index is 1010. The number of ether oxygens (including phenoxy) is 3. The molecule has 38 heavy (non-hydrogen) atoms. The van der Waals surface area contributed by atoms with Gasteiger partial charge in [-0.2, -0.15) is 0 Å². The van der Waals surface area contributed by atoms with Gasteiger partial charge in [0, 0.05) is 13.1 Å². The zero-order chi connectivity index (χ0) is 28.7. The topological polar surface area (TPSA) is 83.5 Å². The Morgan fingerprint density at radius 2 is 1.58 bits per heavy atom. The number of amides is 1. The summed E-state index contributed by atoms with van der Waals surface area (Å²) in [6, 6.07) is 5.86. The molecule has 9 heteroatoms. The van der Waals surface area contributed by atoms with Crippen molar-refractivity contribution >= 4 is 24.6 Å². The van der Waals surface area contributed by atoms with Crippen LogP contribution in [0, 0.1) is 11.8 Å². The number of esters is 1. The summed E-state index contributed by atoms with van der Waals surface area (Å²) in [5.74, 6) is -0.116. The molecule has 0 aromatic heterocycles. The third kappa shape index (κ3) is 7.44. The molecule has 0 radical (unpaired) electrons. The van der Waals surface area contributed by atoms with Crippen LogP contribution in [0.25, 0.3) is 0 Å². The summed E-state index contributed by atoms with van der Waals surface area (Å²) < 4.78 is 29.6. The molecule has 3 rings (SSSR count). The Morgan fingerprint density at radius 3 is 2.11 bits per heavy atom. The highest BCUT2D eigenvalue weighted by molar-refractivity contribution is 6.62. The number of carbonyl (C=O) groups excluding carboxylic acids is 2. The number of hydrogen-bond acceptors (Lipinski definition) is 7. The molecule has 2 aliphatic rings. The molecular formula is C29H46BNO7. The highest BCUT2D eigenvalue weighted by Crippen LogP contribution is 2.37. The standard InChI is InChI=1S/C29H46BNO7/c1-26(2,3)35-24(32)23(20-12-13-31(18-20)25(33)36-27(4,5)6)16-19-14-21(17-22(15-19)34-11)30-37-28(7,8)29(9,10)38-30/h14-15,17,20,23H,12-13,16,18H2,1-11H3/t20-,23-/m0/s1. The van der Waals surface area contributed by atoms with Crippen LogP contribution in [0.2, 0.25) is 0 Å². The number of benzene rings is 1. The first-order valence-electron chi connectivity index (χ1n) is 13.5. The largest absolute Gasteiger partial charge is 0.497 e. The van der Waals surface area contributed by atoms with Crippen molar-refractivity contribution in [2.24, 2.45) is 11.8 Å². The van der Waals surface area contributed by atoms with Crippen molar-refractivity contribution in [2.45, 2.75) is 104 Å². The van der Waals surface area contributed by atoms with Crippen LogP contribution in [-0.2, 0) is 30.0 Å². The van der Waals surface area contributed by atoms with Crippen LogP contribution < -0.4 is 10.2 Å². The minimum Gasteiger partial charge on any atom is -0.497 e. The molecule has 212 valence electrons. The second-order valence-corrected chi connectivity index (χ2v) is 13.5. The van der Waals surface area contributed by atoms with Gasteiger partial charge >= 0.3 is 19.2 Å². The third-order valence-corrected chi connectivity index (χ3v) is 7.36. The summed E-state index contributed by atoms with van der Waals surface area (Å²) in [6.07, 6.45) is 0.773. The Morgan fingerprint density at radius 1 is 1.00 bits per heavy atom.